The number of hydrogen-bond acceptors (Lipinski definition) is 4. The lowest BCUT2D eigenvalue weighted by Gasteiger charge is -2.26. The maximum Gasteiger partial charge on any atom is 0.0698 e. The van der Waals surface area contributed by atoms with E-state index in [4.69, 9.17) is 15.6 Å². The molecule has 0 bridgehead atoms. The van der Waals surface area contributed by atoms with Crippen molar-refractivity contribution in [3.63, 3.8) is 0 Å². The highest BCUT2D eigenvalue weighted by Crippen LogP contribution is 2.19. The lowest BCUT2D eigenvalue weighted by Crippen LogP contribution is -2.30. The second kappa shape index (κ2) is 8.91. The second-order valence-corrected chi connectivity index (χ2v) is 4.25. The van der Waals surface area contributed by atoms with Gasteiger partial charge in [0, 0.05) is 18.8 Å². The first kappa shape index (κ1) is 15.0. The summed E-state index contributed by atoms with van der Waals surface area (Å²) in [7, 11) is 0. The van der Waals surface area contributed by atoms with E-state index in [1.54, 1.807) is 0 Å². The van der Waals surface area contributed by atoms with Crippen LogP contribution in [-0.4, -0.2) is 44.6 Å². The fourth-order valence-corrected chi connectivity index (χ4v) is 1.89. The Balaban J connectivity index is 2.57. The molecule has 18 heavy (non-hydrogen) atoms. The molecule has 1 aromatic carbocycles. The molecule has 0 aliphatic rings. The van der Waals surface area contributed by atoms with Gasteiger partial charge >= 0.3 is 0 Å². The zero-order valence-electron chi connectivity index (χ0n) is 11.1. The van der Waals surface area contributed by atoms with E-state index in [1.807, 2.05) is 12.1 Å². The van der Waals surface area contributed by atoms with E-state index in [9.17, 15) is 0 Å². The molecule has 0 aromatic heterocycles. The van der Waals surface area contributed by atoms with E-state index in [0.717, 1.165) is 19.5 Å². The minimum Gasteiger partial charge on any atom is -0.394 e. The van der Waals surface area contributed by atoms with Crippen LogP contribution in [0.4, 0.5) is 5.69 Å². The summed E-state index contributed by atoms with van der Waals surface area (Å²) in [6.07, 6.45) is 0.967. The maximum atomic E-state index is 8.68. The highest BCUT2D eigenvalue weighted by Gasteiger charge is 2.07. The summed E-state index contributed by atoms with van der Waals surface area (Å²) in [6.45, 7) is 5.67. The first-order valence-corrected chi connectivity index (χ1v) is 6.49. The topological polar surface area (TPSA) is 58.7 Å². The van der Waals surface area contributed by atoms with Crippen LogP contribution in [0.25, 0.3) is 0 Å². The number of nitrogens with zero attached hydrogens (tertiary/aromatic N) is 1. The largest absolute Gasteiger partial charge is 0.394 e. The van der Waals surface area contributed by atoms with Crippen molar-refractivity contribution in [1.82, 2.24) is 0 Å². The van der Waals surface area contributed by atoms with Gasteiger partial charge in [0.05, 0.1) is 19.8 Å². The Kier molecular flexibility index (Phi) is 7.41. The molecule has 0 spiro atoms. The van der Waals surface area contributed by atoms with Crippen LogP contribution in [0.5, 0.6) is 0 Å². The van der Waals surface area contributed by atoms with E-state index in [1.165, 1.54) is 11.3 Å². The number of aliphatic hydroxyl groups excluding tert-OH is 1. The van der Waals surface area contributed by atoms with Gasteiger partial charge in [-0.15, -0.1) is 0 Å². The van der Waals surface area contributed by atoms with Crippen LogP contribution in [0.3, 0.4) is 0 Å². The number of ether oxygens (including phenoxy) is 1. The zero-order valence-corrected chi connectivity index (χ0v) is 11.1. The van der Waals surface area contributed by atoms with Gasteiger partial charge in [0.25, 0.3) is 0 Å². The summed E-state index contributed by atoms with van der Waals surface area (Å²) >= 11 is 0. The van der Waals surface area contributed by atoms with Crippen molar-refractivity contribution in [3.05, 3.63) is 29.8 Å². The highest BCUT2D eigenvalue weighted by atomic mass is 16.5. The summed E-state index contributed by atoms with van der Waals surface area (Å²) < 4.78 is 5.33. The first-order chi connectivity index (χ1) is 8.79. The van der Waals surface area contributed by atoms with Gasteiger partial charge in [-0.2, -0.15) is 0 Å². The van der Waals surface area contributed by atoms with Gasteiger partial charge in [-0.05, 0) is 31.5 Å². The van der Waals surface area contributed by atoms with Gasteiger partial charge in [0.2, 0.25) is 0 Å². The Morgan fingerprint density at radius 1 is 1.22 bits per heavy atom. The molecule has 0 amide bonds. The van der Waals surface area contributed by atoms with Gasteiger partial charge in [0.1, 0.15) is 0 Å². The summed E-state index contributed by atoms with van der Waals surface area (Å²) in [4.78, 5) is 2.29. The Morgan fingerprint density at radius 3 is 2.67 bits per heavy atom. The summed E-state index contributed by atoms with van der Waals surface area (Å²) in [6, 6.07) is 8.33. The number of aliphatic hydroxyl groups is 1. The lowest BCUT2D eigenvalue weighted by atomic mass is 10.1. The third-order valence-electron chi connectivity index (χ3n) is 2.83. The Hall–Kier alpha value is -1.10. The third kappa shape index (κ3) is 5.04. The second-order valence-electron chi connectivity index (χ2n) is 4.25. The summed E-state index contributed by atoms with van der Waals surface area (Å²) in [5, 5.41) is 8.68. The number of para-hydroxylation sites is 1. The molecule has 1 rings (SSSR count). The quantitative estimate of drug-likeness (QED) is 0.648. The van der Waals surface area contributed by atoms with Crippen LogP contribution in [0.2, 0.25) is 0 Å². The van der Waals surface area contributed by atoms with Crippen molar-refractivity contribution in [3.8, 4) is 0 Å². The Morgan fingerprint density at radius 2 is 2.00 bits per heavy atom. The molecule has 0 radical (unpaired) electrons. The van der Waals surface area contributed by atoms with Crippen molar-refractivity contribution in [2.24, 2.45) is 5.73 Å². The van der Waals surface area contributed by atoms with E-state index >= 15 is 0 Å². The van der Waals surface area contributed by atoms with E-state index in [0.29, 0.717) is 19.8 Å². The Bertz CT molecular complexity index is 331. The van der Waals surface area contributed by atoms with Gasteiger partial charge in [-0.3, -0.25) is 0 Å². The summed E-state index contributed by atoms with van der Waals surface area (Å²) in [5.41, 5.74) is 8.07. The van der Waals surface area contributed by atoms with Gasteiger partial charge < -0.3 is 20.5 Å². The van der Waals surface area contributed by atoms with Gasteiger partial charge in [0.15, 0.2) is 0 Å². The maximum absolute atomic E-state index is 8.68. The lowest BCUT2D eigenvalue weighted by molar-refractivity contribution is 0.0966. The van der Waals surface area contributed by atoms with Crippen molar-refractivity contribution < 1.29 is 9.84 Å². The van der Waals surface area contributed by atoms with E-state index < -0.39 is 0 Å². The molecular formula is C14H24N2O2. The molecule has 3 N–H and O–H groups in total. The smallest absolute Gasteiger partial charge is 0.0698 e. The predicted octanol–water partition coefficient (Wildman–Crippen LogP) is 1.16. The third-order valence-corrected chi connectivity index (χ3v) is 2.83. The molecular weight excluding hydrogens is 228 g/mol. The molecule has 0 aliphatic heterocycles. The van der Waals surface area contributed by atoms with Gasteiger partial charge in [-0.25, -0.2) is 0 Å². The highest BCUT2D eigenvalue weighted by molar-refractivity contribution is 5.52. The normalized spacial score (nSPS) is 10.6. The minimum absolute atomic E-state index is 0.0766. The average Bonchev–Trinajstić information content (AvgIpc) is 2.39. The number of benzene rings is 1. The van der Waals surface area contributed by atoms with Crippen molar-refractivity contribution >= 4 is 5.69 Å². The van der Waals surface area contributed by atoms with Crippen LogP contribution in [0.1, 0.15) is 12.0 Å². The van der Waals surface area contributed by atoms with Crippen molar-refractivity contribution in [1.29, 1.82) is 0 Å². The zero-order chi connectivity index (χ0) is 13.2. The fraction of sp³-hybridized carbons (Fsp3) is 0.571. The van der Waals surface area contributed by atoms with Crippen molar-refractivity contribution in [2.75, 3.05) is 44.4 Å². The molecule has 0 saturated carbocycles. The van der Waals surface area contributed by atoms with Gasteiger partial charge in [-0.1, -0.05) is 18.2 Å². The number of rotatable bonds is 9. The Labute approximate surface area is 109 Å². The molecule has 0 heterocycles. The average molecular weight is 252 g/mol. The van der Waals surface area contributed by atoms with Crippen LogP contribution in [0.15, 0.2) is 24.3 Å². The SMILES string of the molecule is Cc1ccccc1N(CCCN)CCOCCO. The predicted molar refractivity (Wildman–Crippen MR) is 75.0 cm³/mol. The summed E-state index contributed by atoms with van der Waals surface area (Å²) in [5.74, 6) is 0. The number of nitrogens with two attached hydrogens (primary N) is 1. The number of aryl methyl sites for hydroxylation is 1. The molecule has 4 nitrogen and oxygen atoms in total. The van der Waals surface area contributed by atoms with Crippen LogP contribution in [-0.2, 0) is 4.74 Å². The molecule has 0 unspecified atom stereocenters. The van der Waals surface area contributed by atoms with Crippen molar-refractivity contribution in [2.45, 2.75) is 13.3 Å². The first-order valence-electron chi connectivity index (χ1n) is 6.49. The van der Waals surface area contributed by atoms with E-state index in [-0.39, 0.29) is 6.61 Å². The van der Waals surface area contributed by atoms with Crippen LogP contribution >= 0.6 is 0 Å². The molecule has 102 valence electrons. The molecule has 0 atom stereocenters. The minimum atomic E-state index is 0.0766. The van der Waals surface area contributed by atoms with E-state index in [2.05, 4.69) is 24.0 Å². The standard InChI is InChI=1S/C14H24N2O2/c1-13-5-2-3-6-14(13)16(8-4-7-15)9-11-18-12-10-17/h2-3,5-6,17H,4,7-12,15H2,1H3. The molecule has 0 fully saturated rings. The monoisotopic (exact) mass is 252 g/mol. The molecule has 4 heteroatoms. The number of hydrogen-bond donors (Lipinski definition) is 2. The molecule has 1 aromatic rings. The number of anilines is 1. The molecule has 0 saturated heterocycles. The van der Waals surface area contributed by atoms with Crippen LogP contribution < -0.4 is 10.6 Å². The van der Waals surface area contributed by atoms with Crippen LogP contribution in [0, 0.1) is 6.92 Å². The fourth-order valence-electron chi connectivity index (χ4n) is 1.89. The molecule has 0 aliphatic carbocycles.